The highest BCUT2D eigenvalue weighted by Gasteiger charge is 2.11. The monoisotopic (exact) mass is 333 g/mol. The van der Waals surface area contributed by atoms with Gasteiger partial charge in [0, 0.05) is 10.5 Å². The highest BCUT2D eigenvalue weighted by molar-refractivity contribution is 9.10. The zero-order chi connectivity index (χ0) is 14.4. The van der Waals surface area contributed by atoms with Crippen LogP contribution in [0.1, 0.15) is 24.1 Å². The lowest BCUT2D eigenvalue weighted by molar-refractivity contribution is 0.414. The van der Waals surface area contributed by atoms with Crippen LogP contribution < -0.4 is 10.1 Å². The van der Waals surface area contributed by atoms with Crippen LogP contribution in [0.3, 0.4) is 0 Å². The second-order valence-corrected chi connectivity index (χ2v) is 5.63. The maximum Gasteiger partial charge on any atom is 0.118 e. The lowest BCUT2D eigenvalue weighted by atomic mass is 9.99. The lowest BCUT2D eigenvalue weighted by Crippen LogP contribution is -2.22. The second-order valence-electron chi connectivity index (χ2n) is 4.71. The van der Waals surface area contributed by atoms with Crippen molar-refractivity contribution in [2.45, 2.75) is 19.4 Å². The maximum absolute atomic E-state index is 5.20. The van der Waals surface area contributed by atoms with E-state index in [1.54, 1.807) is 7.11 Å². The summed E-state index contributed by atoms with van der Waals surface area (Å²) in [6.07, 6.45) is 0.972. The number of methoxy groups -OCH3 is 1. The molecule has 0 amide bonds. The molecule has 2 aromatic carbocycles. The summed E-state index contributed by atoms with van der Waals surface area (Å²) in [7, 11) is 1.69. The first-order chi connectivity index (χ1) is 9.72. The summed E-state index contributed by atoms with van der Waals surface area (Å²) in [6, 6.07) is 17.1. The molecule has 2 aromatic rings. The molecular weight excluding hydrogens is 314 g/mol. The molecule has 3 heteroatoms. The van der Waals surface area contributed by atoms with Crippen LogP contribution in [-0.2, 0) is 6.42 Å². The van der Waals surface area contributed by atoms with Crippen molar-refractivity contribution in [1.82, 2.24) is 5.32 Å². The average molecular weight is 334 g/mol. The molecule has 0 radical (unpaired) electrons. The van der Waals surface area contributed by atoms with Crippen LogP contribution in [0.2, 0.25) is 0 Å². The number of nitrogens with one attached hydrogen (secondary N) is 1. The standard InChI is InChI=1S/C17H20BrNO/c1-3-19-17(14-6-8-15(18)9-7-14)12-13-4-10-16(20-2)11-5-13/h4-11,17,19H,3,12H2,1-2H3. The van der Waals surface area contributed by atoms with Gasteiger partial charge in [-0.3, -0.25) is 0 Å². The first-order valence-corrected chi connectivity index (χ1v) is 7.64. The smallest absolute Gasteiger partial charge is 0.118 e. The van der Waals surface area contributed by atoms with Gasteiger partial charge in [-0.2, -0.15) is 0 Å². The zero-order valence-electron chi connectivity index (χ0n) is 11.9. The van der Waals surface area contributed by atoms with Crippen LogP contribution in [0.4, 0.5) is 0 Å². The molecule has 1 N–H and O–H groups in total. The molecular formula is C17H20BrNO. The van der Waals surface area contributed by atoms with Crippen molar-refractivity contribution in [3.05, 3.63) is 64.1 Å². The van der Waals surface area contributed by atoms with Gasteiger partial charge in [-0.05, 0) is 48.4 Å². The molecule has 0 bridgehead atoms. The number of halogens is 1. The molecule has 1 atom stereocenters. The molecule has 0 aliphatic heterocycles. The molecule has 0 aliphatic rings. The Morgan fingerprint density at radius 2 is 1.70 bits per heavy atom. The Bertz CT molecular complexity index is 522. The SMILES string of the molecule is CCNC(Cc1ccc(OC)cc1)c1ccc(Br)cc1. The third kappa shape index (κ3) is 4.09. The molecule has 1 unspecified atom stereocenters. The molecule has 0 aromatic heterocycles. The van der Waals surface area contributed by atoms with Gasteiger partial charge in [0.25, 0.3) is 0 Å². The molecule has 0 aliphatic carbocycles. The van der Waals surface area contributed by atoms with Crippen molar-refractivity contribution in [3.8, 4) is 5.75 Å². The number of rotatable bonds is 6. The molecule has 0 heterocycles. The van der Waals surface area contributed by atoms with Crippen molar-refractivity contribution in [2.24, 2.45) is 0 Å². The zero-order valence-corrected chi connectivity index (χ0v) is 13.5. The van der Waals surface area contributed by atoms with E-state index in [2.05, 4.69) is 64.6 Å². The summed E-state index contributed by atoms with van der Waals surface area (Å²) in [6.45, 7) is 3.09. The first kappa shape index (κ1) is 15.1. The van der Waals surface area contributed by atoms with Gasteiger partial charge in [-0.25, -0.2) is 0 Å². The number of likely N-dealkylation sites (N-methyl/N-ethyl adjacent to an activating group) is 1. The third-order valence-electron chi connectivity index (χ3n) is 3.32. The minimum absolute atomic E-state index is 0.335. The van der Waals surface area contributed by atoms with Crippen molar-refractivity contribution >= 4 is 15.9 Å². The summed E-state index contributed by atoms with van der Waals surface area (Å²) in [5.41, 5.74) is 2.62. The molecule has 0 spiro atoms. The van der Waals surface area contributed by atoms with Crippen molar-refractivity contribution in [2.75, 3.05) is 13.7 Å². The highest BCUT2D eigenvalue weighted by Crippen LogP contribution is 2.22. The fraction of sp³-hybridized carbons (Fsp3) is 0.294. The van der Waals surface area contributed by atoms with E-state index in [1.165, 1.54) is 11.1 Å². The molecule has 20 heavy (non-hydrogen) atoms. The van der Waals surface area contributed by atoms with E-state index in [0.717, 1.165) is 23.2 Å². The Morgan fingerprint density at radius 3 is 2.25 bits per heavy atom. The lowest BCUT2D eigenvalue weighted by Gasteiger charge is -2.19. The maximum atomic E-state index is 5.20. The van der Waals surface area contributed by atoms with E-state index in [-0.39, 0.29) is 0 Å². The van der Waals surface area contributed by atoms with Crippen molar-refractivity contribution in [3.63, 3.8) is 0 Å². The van der Waals surface area contributed by atoms with Gasteiger partial charge in [0.2, 0.25) is 0 Å². The van der Waals surface area contributed by atoms with E-state index < -0.39 is 0 Å². The number of hydrogen-bond donors (Lipinski definition) is 1. The van der Waals surface area contributed by atoms with E-state index in [1.807, 2.05) is 12.1 Å². The fourth-order valence-electron chi connectivity index (χ4n) is 2.25. The predicted octanol–water partition coefficient (Wildman–Crippen LogP) is 4.35. The van der Waals surface area contributed by atoms with Crippen molar-refractivity contribution < 1.29 is 4.74 Å². The van der Waals surface area contributed by atoms with Gasteiger partial charge < -0.3 is 10.1 Å². The Balaban J connectivity index is 2.13. The van der Waals surface area contributed by atoms with Crippen LogP contribution in [0.25, 0.3) is 0 Å². The topological polar surface area (TPSA) is 21.3 Å². The third-order valence-corrected chi connectivity index (χ3v) is 3.85. The fourth-order valence-corrected chi connectivity index (χ4v) is 2.51. The molecule has 0 saturated heterocycles. The van der Waals surface area contributed by atoms with Crippen LogP contribution in [-0.4, -0.2) is 13.7 Å². The Labute approximate surface area is 129 Å². The van der Waals surface area contributed by atoms with Gasteiger partial charge in [0.05, 0.1) is 7.11 Å². The summed E-state index contributed by atoms with van der Waals surface area (Å²) in [5.74, 6) is 0.900. The minimum atomic E-state index is 0.335. The Hall–Kier alpha value is -1.32. The molecule has 2 rings (SSSR count). The largest absolute Gasteiger partial charge is 0.497 e. The molecule has 0 fully saturated rings. The normalized spacial score (nSPS) is 12.2. The van der Waals surface area contributed by atoms with Crippen LogP contribution >= 0.6 is 15.9 Å². The van der Waals surface area contributed by atoms with Crippen molar-refractivity contribution in [1.29, 1.82) is 0 Å². The van der Waals surface area contributed by atoms with Crippen LogP contribution in [0.15, 0.2) is 53.0 Å². The minimum Gasteiger partial charge on any atom is -0.497 e. The summed E-state index contributed by atoms with van der Waals surface area (Å²) < 4.78 is 6.31. The molecule has 0 saturated carbocycles. The summed E-state index contributed by atoms with van der Waals surface area (Å²) >= 11 is 3.48. The molecule has 2 nitrogen and oxygen atoms in total. The van der Waals surface area contributed by atoms with E-state index in [4.69, 9.17) is 4.74 Å². The number of ether oxygens (including phenoxy) is 1. The highest BCUT2D eigenvalue weighted by atomic mass is 79.9. The van der Waals surface area contributed by atoms with Gasteiger partial charge in [0.15, 0.2) is 0 Å². The Morgan fingerprint density at radius 1 is 1.05 bits per heavy atom. The van der Waals surface area contributed by atoms with E-state index in [9.17, 15) is 0 Å². The quantitative estimate of drug-likeness (QED) is 0.848. The summed E-state index contributed by atoms with van der Waals surface area (Å²) in [4.78, 5) is 0. The number of hydrogen-bond acceptors (Lipinski definition) is 2. The first-order valence-electron chi connectivity index (χ1n) is 6.84. The predicted molar refractivity (Wildman–Crippen MR) is 87.3 cm³/mol. The average Bonchev–Trinajstić information content (AvgIpc) is 2.48. The van der Waals surface area contributed by atoms with E-state index >= 15 is 0 Å². The number of benzene rings is 2. The van der Waals surface area contributed by atoms with Crippen LogP contribution in [0.5, 0.6) is 5.75 Å². The molecule has 106 valence electrons. The van der Waals surface area contributed by atoms with Gasteiger partial charge in [-0.1, -0.05) is 47.1 Å². The Kier molecular flexibility index (Phi) is 5.62. The van der Waals surface area contributed by atoms with E-state index in [0.29, 0.717) is 6.04 Å². The second kappa shape index (κ2) is 7.46. The summed E-state index contributed by atoms with van der Waals surface area (Å²) in [5, 5.41) is 3.55. The van der Waals surface area contributed by atoms with Crippen LogP contribution in [0, 0.1) is 0 Å². The van der Waals surface area contributed by atoms with Gasteiger partial charge >= 0.3 is 0 Å². The van der Waals surface area contributed by atoms with Gasteiger partial charge in [0.1, 0.15) is 5.75 Å². The van der Waals surface area contributed by atoms with Gasteiger partial charge in [-0.15, -0.1) is 0 Å².